The molecule has 0 aromatic heterocycles. The number of carbonyl (C=O) groups is 7. The second-order valence-electron chi connectivity index (χ2n) is 18.3. The van der Waals surface area contributed by atoms with Crippen LogP contribution in [0.3, 0.4) is 0 Å². The van der Waals surface area contributed by atoms with Crippen LogP contribution in [0.5, 0.6) is 0 Å². The number of nitrogens with two attached hydrogens (primary N) is 1. The number of likely N-dealkylation sites (tertiary alicyclic amines) is 1. The second kappa shape index (κ2) is 28.0. The molecule has 1 fully saturated rings. The van der Waals surface area contributed by atoms with E-state index in [1.807, 2.05) is 43.3 Å². The smallest absolute Gasteiger partial charge is 0.408 e. The third-order valence-corrected chi connectivity index (χ3v) is 12.4. The summed E-state index contributed by atoms with van der Waals surface area (Å²) in [5.41, 5.74) is 7.43. The Hall–Kier alpha value is -7.23. The molecule has 0 radical (unpaired) electrons. The summed E-state index contributed by atoms with van der Waals surface area (Å²) >= 11 is 0. The van der Waals surface area contributed by atoms with E-state index in [0.29, 0.717) is 19.3 Å². The highest BCUT2D eigenvalue weighted by atomic mass is 32.2. The van der Waals surface area contributed by atoms with Crippen LogP contribution >= 0.6 is 0 Å². The summed E-state index contributed by atoms with van der Waals surface area (Å²) in [6.07, 6.45) is 0.150. The van der Waals surface area contributed by atoms with E-state index < -0.39 is 87.6 Å². The Labute approximate surface area is 421 Å². The van der Waals surface area contributed by atoms with Crippen LogP contribution in [0.2, 0.25) is 0 Å². The molecule has 0 saturated carbocycles. The molecule has 3 aromatic rings. The Morgan fingerprint density at radius 2 is 1.35 bits per heavy atom. The van der Waals surface area contributed by atoms with Crippen molar-refractivity contribution in [3.05, 3.63) is 102 Å². The number of aryl methyl sites for hydroxylation is 1. The van der Waals surface area contributed by atoms with E-state index in [2.05, 4.69) is 36.3 Å². The lowest BCUT2D eigenvalue weighted by Gasteiger charge is -2.30. The van der Waals surface area contributed by atoms with Gasteiger partial charge in [-0.1, -0.05) is 78.4 Å². The van der Waals surface area contributed by atoms with Crippen LogP contribution in [0, 0.1) is 6.92 Å². The first-order chi connectivity index (χ1) is 34.1. The van der Waals surface area contributed by atoms with Crippen molar-refractivity contribution < 1.29 is 56.2 Å². The molecule has 21 nitrogen and oxygen atoms in total. The number of unbranched alkanes of at least 4 members (excludes halogenated alkanes) is 1. The van der Waals surface area contributed by atoms with Gasteiger partial charge in [0.1, 0.15) is 49.0 Å². The molecule has 0 aliphatic carbocycles. The predicted octanol–water partition coefficient (Wildman–Crippen LogP) is 3.59. The fraction of sp³-hybridized carbons (Fsp3) is 0.480. The van der Waals surface area contributed by atoms with Crippen molar-refractivity contribution >= 4 is 57.8 Å². The normalized spacial score (nSPS) is 15.4. The maximum Gasteiger partial charge on any atom is 0.408 e. The summed E-state index contributed by atoms with van der Waals surface area (Å²) < 4.78 is 43.8. The highest BCUT2D eigenvalue weighted by Gasteiger charge is 2.39. The lowest BCUT2D eigenvalue weighted by molar-refractivity contribution is -0.148. The molecule has 0 unspecified atom stereocenters. The van der Waals surface area contributed by atoms with Gasteiger partial charge in [-0.05, 0) is 110 Å². The van der Waals surface area contributed by atoms with E-state index >= 15 is 0 Å². The largest absolute Gasteiger partial charge is 0.459 e. The fourth-order valence-electron chi connectivity index (χ4n) is 7.26. The number of ether oxygens (including phenoxy) is 3. The molecule has 8 N–H and O–H groups in total. The van der Waals surface area contributed by atoms with Crippen LogP contribution in [0.25, 0.3) is 0 Å². The minimum atomic E-state index is -4.01. The van der Waals surface area contributed by atoms with Gasteiger partial charge in [-0.3, -0.25) is 24.2 Å². The number of carbonyl (C=O) groups excluding carboxylic acids is 7. The van der Waals surface area contributed by atoms with Crippen LogP contribution in [0.1, 0.15) is 96.3 Å². The van der Waals surface area contributed by atoms with E-state index in [4.69, 9.17) is 19.9 Å². The zero-order valence-corrected chi connectivity index (χ0v) is 42.6. The van der Waals surface area contributed by atoms with Crippen molar-refractivity contribution in [1.82, 2.24) is 36.2 Å². The van der Waals surface area contributed by atoms with Gasteiger partial charge < -0.3 is 51.4 Å². The maximum absolute atomic E-state index is 14.2. The van der Waals surface area contributed by atoms with Crippen LogP contribution in [0.15, 0.2) is 94.8 Å². The quantitative estimate of drug-likeness (QED) is 0.0222. The van der Waals surface area contributed by atoms with E-state index in [1.165, 1.54) is 30.9 Å². The Morgan fingerprint density at radius 3 is 1.97 bits per heavy atom. The number of hydrogen-bond donors (Lipinski definition) is 7. The summed E-state index contributed by atoms with van der Waals surface area (Å²) in [5, 5.41) is 13.2. The number of guanidine groups is 1. The molecule has 0 spiro atoms. The average Bonchev–Trinajstić information content (AvgIpc) is 3.83. The standard InChI is InChI=1S/C50H69N9O12S/c1-33-24-26-38(27-25-33)72(67,68)58-47(51)52-29-15-22-40(57-49(66)71-50(4,5)6)45(63)59-30-16-23-41(59)44(62)54-34(2)42(60)56-39(21-13-14-28-53-48(65)70-32-37-19-11-8-12-20-37)43(61)55-35(3)46(64)69-31-36-17-9-7-10-18-36/h7-12,17-20,24-27,34-35,39-41H,13-16,21-23,28-32H2,1-6H3,(H,53,65)(H,54,62)(H,55,61)(H,56,60)(H,57,66)(H3,51,52,58)/t34-,35-,39+,40-,41+/m1/s1. The summed E-state index contributed by atoms with van der Waals surface area (Å²) in [6, 6.07) is 18.6. The minimum absolute atomic E-state index is 0.00441. The topological polar surface area (TPSA) is 295 Å². The molecule has 3 aromatic carbocycles. The van der Waals surface area contributed by atoms with E-state index in [1.54, 1.807) is 57.2 Å². The molecule has 5 atom stereocenters. The van der Waals surface area contributed by atoms with E-state index in [-0.39, 0.29) is 69.4 Å². The van der Waals surface area contributed by atoms with E-state index in [0.717, 1.165) is 16.7 Å². The molecule has 6 amide bonds. The number of nitrogens with zero attached hydrogens (tertiary/aromatic N) is 2. The van der Waals surface area contributed by atoms with Gasteiger partial charge in [0.15, 0.2) is 0 Å². The zero-order chi connectivity index (χ0) is 52.8. The predicted molar refractivity (Wildman–Crippen MR) is 267 cm³/mol. The first-order valence-electron chi connectivity index (χ1n) is 23.9. The van der Waals surface area contributed by atoms with Crippen LogP contribution in [0.4, 0.5) is 9.59 Å². The van der Waals surface area contributed by atoms with Crippen molar-refractivity contribution in [1.29, 1.82) is 0 Å². The summed E-state index contributed by atoms with van der Waals surface area (Å²) in [4.78, 5) is 98.9. The fourth-order valence-corrected chi connectivity index (χ4v) is 8.21. The number of alkyl carbamates (subject to hydrolysis) is 2. The van der Waals surface area contributed by atoms with Crippen LogP contribution in [-0.2, 0) is 61.4 Å². The number of hydrogen-bond acceptors (Lipinski definition) is 13. The molecule has 72 heavy (non-hydrogen) atoms. The third-order valence-electron chi connectivity index (χ3n) is 11.1. The van der Waals surface area contributed by atoms with Gasteiger partial charge in [-0.2, -0.15) is 0 Å². The van der Waals surface area contributed by atoms with Gasteiger partial charge >= 0.3 is 18.2 Å². The van der Waals surface area contributed by atoms with Gasteiger partial charge in [0.2, 0.25) is 29.6 Å². The zero-order valence-electron chi connectivity index (χ0n) is 41.7. The summed E-state index contributed by atoms with van der Waals surface area (Å²) in [6.45, 7) is 10.0. The highest BCUT2D eigenvalue weighted by Crippen LogP contribution is 2.21. The summed E-state index contributed by atoms with van der Waals surface area (Å²) in [5.74, 6) is -3.74. The SMILES string of the molecule is Cc1ccc(S(=O)(=O)NC(N)=NCCC[C@@H](NC(=O)OC(C)(C)C)C(=O)N2CCC[C@H]2C(=O)N[C@H](C)C(=O)N[C@@H](CCCCNC(=O)OCc2ccccc2)C(=O)N[C@H](C)C(=O)OCc2ccccc2)cc1. The molecule has 1 heterocycles. The number of rotatable bonds is 24. The Morgan fingerprint density at radius 1 is 0.736 bits per heavy atom. The van der Waals surface area contributed by atoms with Gasteiger partial charge in [0.25, 0.3) is 10.0 Å². The third kappa shape index (κ3) is 19.9. The first-order valence-corrected chi connectivity index (χ1v) is 25.4. The minimum Gasteiger partial charge on any atom is -0.459 e. The molecule has 22 heteroatoms. The van der Waals surface area contributed by atoms with Gasteiger partial charge in [0.05, 0.1) is 4.90 Å². The van der Waals surface area contributed by atoms with Crippen molar-refractivity contribution in [2.24, 2.45) is 10.7 Å². The Balaban J connectivity index is 1.37. The lowest BCUT2D eigenvalue weighted by Crippen LogP contribution is -2.57. The molecule has 392 valence electrons. The number of aliphatic imine (C=N–C) groups is 1. The van der Waals surface area contributed by atoms with Gasteiger partial charge in [-0.25, -0.2) is 27.5 Å². The number of nitrogens with one attached hydrogen (secondary N) is 6. The van der Waals surface area contributed by atoms with E-state index in [9.17, 15) is 42.0 Å². The average molecular weight is 1020 g/mol. The Kier molecular flexibility index (Phi) is 22.3. The van der Waals surface area contributed by atoms with Crippen molar-refractivity contribution in [2.45, 2.75) is 140 Å². The molecular weight excluding hydrogens is 951 g/mol. The first kappa shape index (κ1) is 57.3. The molecule has 1 aliphatic heterocycles. The molecule has 1 saturated heterocycles. The highest BCUT2D eigenvalue weighted by molar-refractivity contribution is 7.90. The summed E-state index contributed by atoms with van der Waals surface area (Å²) in [7, 11) is -4.01. The van der Waals surface area contributed by atoms with Crippen LogP contribution < -0.4 is 37.0 Å². The maximum atomic E-state index is 14.2. The number of amides is 6. The molecule has 4 rings (SSSR count). The second-order valence-corrected chi connectivity index (χ2v) is 20.0. The lowest BCUT2D eigenvalue weighted by atomic mass is 10.1. The molecule has 1 aliphatic rings. The Bertz CT molecular complexity index is 2440. The van der Waals surface area contributed by atoms with Crippen molar-refractivity contribution in [3.8, 4) is 0 Å². The van der Waals surface area contributed by atoms with Gasteiger partial charge in [0, 0.05) is 19.6 Å². The number of benzene rings is 3. The number of esters is 1. The van der Waals surface area contributed by atoms with Crippen LogP contribution in [-0.4, -0.2) is 117 Å². The van der Waals surface area contributed by atoms with Crippen molar-refractivity contribution in [2.75, 3.05) is 19.6 Å². The van der Waals surface area contributed by atoms with Gasteiger partial charge in [-0.15, -0.1) is 0 Å². The number of sulfonamides is 1. The monoisotopic (exact) mass is 1020 g/mol. The van der Waals surface area contributed by atoms with Crippen molar-refractivity contribution in [3.63, 3.8) is 0 Å². The molecular formula is C50H69N9O12S. The molecule has 0 bridgehead atoms.